The molecule has 0 saturated heterocycles. The van der Waals surface area contributed by atoms with Crippen LogP contribution in [-0.4, -0.2) is 19.2 Å². The normalized spacial score (nSPS) is 12.3. The third kappa shape index (κ3) is 6.95. The predicted molar refractivity (Wildman–Crippen MR) is 87.5 cm³/mol. The SMILES string of the molecule is CCCCc1ccc(OCC(CCC)NCCC)cc1. The van der Waals surface area contributed by atoms with Gasteiger partial charge in [-0.15, -0.1) is 0 Å². The second-order valence-corrected chi connectivity index (χ2v) is 5.50. The van der Waals surface area contributed by atoms with E-state index >= 15 is 0 Å². The van der Waals surface area contributed by atoms with E-state index in [2.05, 4.69) is 50.4 Å². The smallest absolute Gasteiger partial charge is 0.119 e. The fraction of sp³-hybridized carbons (Fsp3) is 0.667. The van der Waals surface area contributed by atoms with Gasteiger partial charge in [-0.3, -0.25) is 0 Å². The molecule has 2 nitrogen and oxygen atoms in total. The number of aryl methyl sites for hydroxylation is 1. The van der Waals surface area contributed by atoms with Crippen molar-refractivity contribution in [3.05, 3.63) is 29.8 Å². The summed E-state index contributed by atoms with van der Waals surface area (Å²) >= 11 is 0. The molecule has 0 bridgehead atoms. The van der Waals surface area contributed by atoms with Crippen molar-refractivity contribution >= 4 is 0 Å². The first kappa shape index (κ1) is 17.0. The highest BCUT2D eigenvalue weighted by molar-refractivity contribution is 5.27. The van der Waals surface area contributed by atoms with Crippen LogP contribution >= 0.6 is 0 Å². The summed E-state index contributed by atoms with van der Waals surface area (Å²) < 4.78 is 5.91. The maximum atomic E-state index is 5.91. The summed E-state index contributed by atoms with van der Waals surface area (Å²) in [6.45, 7) is 8.50. The zero-order chi connectivity index (χ0) is 14.6. The Kier molecular flexibility index (Phi) is 9.14. The molecule has 0 saturated carbocycles. The first-order valence-electron chi connectivity index (χ1n) is 8.25. The highest BCUT2D eigenvalue weighted by atomic mass is 16.5. The lowest BCUT2D eigenvalue weighted by atomic mass is 10.1. The molecule has 0 aromatic heterocycles. The molecular weight excluding hydrogens is 246 g/mol. The number of nitrogens with one attached hydrogen (secondary N) is 1. The van der Waals surface area contributed by atoms with Crippen LogP contribution in [0.15, 0.2) is 24.3 Å². The molecule has 0 aliphatic heterocycles. The lowest BCUT2D eigenvalue weighted by molar-refractivity contribution is 0.256. The first-order valence-corrected chi connectivity index (χ1v) is 8.25. The number of unbranched alkanes of at least 4 members (excludes halogenated alkanes) is 1. The summed E-state index contributed by atoms with van der Waals surface area (Å²) in [6.07, 6.45) is 7.23. The lowest BCUT2D eigenvalue weighted by Crippen LogP contribution is -2.35. The van der Waals surface area contributed by atoms with Crippen LogP contribution in [0.25, 0.3) is 0 Å². The van der Waals surface area contributed by atoms with Crippen LogP contribution in [0.5, 0.6) is 5.75 Å². The molecule has 2 heteroatoms. The lowest BCUT2D eigenvalue weighted by Gasteiger charge is -2.18. The molecule has 0 aliphatic carbocycles. The van der Waals surface area contributed by atoms with Gasteiger partial charge in [-0.2, -0.15) is 0 Å². The summed E-state index contributed by atoms with van der Waals surface area (Å²) in [5, 5.41) is 3.55. The Labute approximate surface area is 124 Å². The highest BCUT2D eigenvalue weighted by Gasteiger charge is 2.07. The number of rotatable bonds is 11. The summed E-state index contributed by atoms with van der Waals surface area (Å²) in [4.78, 5) is 0. The molecule has 1 rings (SSSR count). The van der Waals surface area contributed by atoms with Crippen molar-refractivity contribution in [2.45, 2.75) is 65.3 Å². The van der Waals surface area contributed by atoms with E-state index in [1.807, 2.05) is 0 Å². The van der Waals surface area contributed by atoms with Gasteiger partial charge in [0.2, 0.25) is 0 Å². The van der Waals surface area contributed by atoms with E-state index in [1.54, 1.807) is 0 Å². The van der Waals surface area contributed by atoms with Gasteiger partial charge < -0.3 is 10.1 Å². The number of hydrogen-bond acceptors (Lipinski definition) is 2. The molecule has 0 aliphatic rings. The van der Waals surface area contributed by atoms with Crippen LogP contribution in [0, 0.1) is 0 Å². The van der Waals surface area contributed by atoms with Crippen LogP contribution in [0.2, 0.25) is 0 Å². The van der Waals surface area contributed by atoms with Crippen molar-refractivity contribution in [1.82, 2.24) is 5.32 Å². The number of benzene rings is 1. The minimum atomic E-state index is 0.472. The molecule has 1 aromatic carbocycles. The monoisotopic (exact) mass is 277 g/mol. The molecule has 1 N–H and O–H groups in total. The van der Waals surface area contributed by atoms with E-state index in [0.717, 1.165) is 18.9 Å². The first-order chi connectivity index (χ1) is 9.80. The van der Waals surface area contributed by atoms with E-state index in [9.17, 15) is 0 Å². The van der Waals surface area contributed by atoms with Crippen LogP contribution in [0.4, 0.5) is 0 Å². The molecule has 20 heavy (non-hydrogen) atoms. The molecule has 0 fully saturated rings. The molecule has 0 spiro atoms. The third-order valence-electron chi connectivity index (χ3n) is 3.51. The molecule has 114 valence electrons. The predicted octanol–water partition coefficient (Wildman–Crippen LogP) is 4.58. The molecule has 0 heterocycles. The van der Waals surface area contributed by atoms with Crippen LogP contribution < -0.4 is 10.1 Å². The fourth-order valence-corrected chi connectivity index (χ4v) is 2.27. The molecular formula is C18H31NO. The van der Waals surface area contributed by atoms with Gasteiger partial charge in [0.05, 0.1) is 0 Å². The zero-order valence-electron chi connectivity index (χ0n) is 13.5. The van der Waals surface area contributed by atoms with Gasteiger partial charge in [0, 0.05) is 6.04 Å². The van der Waals surface area contributed by atoms with Crippen LogP contribution in [-0.2, 0) is 6.42 Å². The Bertz CT molecular complexity index is 334. The summed E-state index contributed by atoms with van der Waals surface area (Å²) in [5.74, 6) is 0.990. The maximum absolute atomic E-state index is 5.91. The topological polar surface area (TPSA) is 21.3 Å². The van der Waals surface area contributed by atoms with Gasteiger partial charge in [0.25, 0.3) is 0 Å². The standard InChI is InChI=1S/C18H31NO/c1-4-7-9-16-10-12-18(13-11-16)20-15-17(8-5-2)19-14-6-3/h10-13,17,19H,4-9,14-15H2,1-3H3. The van der Waals surface area contributed by atoms with E-state index in [4.69, 9.17) is 4.74 Å². The second kappa shape index (κ2) is 10.7. The largest absolute Gasteiger partial charge is 0.492 e. The summed E-state index contributed by atoms with van der Waals surface area (Å²) in [5.41, 5.74) is 1.41. The van der Waals surface area contributed by atoms with Crippen molar-refractivity contribution in [2.75, 3.05) is 13.2 Å². The van der Waals surface area contributed by atoms with Gasteiger partial charge in [0.1, 0.15) is 12.4 Å². The Balaban J connectivity index is 2.38. The number of hydrogen-bond donors (Lipinski definition) is 1. The molecule has 1 aromatic rings. The summed E-state index contributed by atoms with van der Waals surface area (Å²) in [7, 11) is 0. The van der Waals surface area contributed by atoms with E-state index in [-0.39, 0.29) is 0 Å². The summed E-state index contributed by atoms with van der Waals surface area (Å²) in [6, 6.07) is 9.07. The van der Waals surface area contributed by atoms with Crippen molar-refractivity contribution in [2.24, 2.45) is 0 Å². The third-order valence-corrected chi connectivity index (χ3v) is 3.51. The molecule has 0 amide bonds. The van der Waals surface area contributed by atoms with Crippen LogP contribution in [0.1, 0.15) is 58.4 Å². The molecule has 0 radical (unpaired) electrons. The molecule has 1 atom stereocenters. The van der Waals surface area contributed by atoms with Gasteiger partial charge >= 0.3 is 0 Å². The Morgan fingerprint density at radius 3 is 2.35 bits per heavy atom. The Morgan fingerprint density at radius 2 is 1.75 bits per heavy atom. The Morgan fingerprint density at radius 1 is 1.00 bits per heavy atom. The minimum Gasteiger partial charge on any atom is -0.492 e. The fourth-order valence-electron chi connectivity index (χ4n) is 2.27. The average Bonchev–Trinajstić information content (AvgIpc) is 2.49. The zero-order valence-corrected chi connectivity index (χ0v) is 13.5. The van der Waals surface area contributed by atoms with Crippen LogP contribution in [0.3, 0.4) is 0 Å². The van der Waals surface area contributed by atoms with Crippen molar-refractivity contribution < 1.29 is 4.74 Å². The maximum Gasteiger partial charge on any atom is 0.119 e. The van der Waals surface area contributed by atoms with E-state index < -0.39 is 0 Å². The van der Waals surface area contributed by atoms with E-state index in [0.29, 0.717) is 6.04 Å². The van der Waals surface area contributed by atoms with Gasteiger partial charge in [-0.1, -0.05) is 45.7 Å². The van der Waals surface area contributed by atoms with Gasteiger partial charge in [-0.05, 0) is 49.9 Å². The molecule has 1 unspecified atom stereocenters. The highest BCUT2D eigenvalue weighted by Crippen LogP contribution is 2.14. The number of ether oxygens (including phenoxy) is 1. The second-order valence-electron chi connectivity index (χ2n) is 5.50. The van der Waals surface area contributed by atoms with Gasteiger partial charge in [-0.25, -0.2) is 0 Å². The van der Waals surface area contributed by atoms with Crippen molar-refractivity contribution in [3.8, 4) is 5.75 Å². The quantitative estimate of drug-likeness (QED) is 0.639. The van der Waals surface area contributed by atoms with Crippen molar-refractivity contribution in [1.29, 1.82) is 0 Å². The van der Waals surface area contributed by atoms with Gasteiger partial charge in [0.15, 0.2) is 0 Å². The van der Waals surface area contributed by atoms with E-state index in [1.165, 1.54) is 44.1 Å². The minimum absolute atomic E-state index is 0.472. The van der Waals surface area contributed by atoms with Crippen molar-refractivity contribution in [3.63, 3.8) is 0 Å². The Hall–Kier alpha value is -1.02. The average molecular weight is 277 g/mol.